The Morgan fingerprint density at radius 2 is 2.05 bits per heavy atom. The standard InChI is InChI=1S/C12H19BrN2O3S.ClH/c1-4-18-12-6-5-10(7-11(12)13)19(16,17)15(3)9(2)8-14;/h5-7,9H,4,8,14H2,1-3H3;1H. The zero-order chi connectivity index (χ0) is 14.6. The molecule has 5 nitrogen and oxygen atoms in total. The topological polar surface area (TPSA) is 72.6 Å². The summed E-state index contributed by atoms with van der Waals surface area (Å²) in [6, 6.07) is 4.46. The van der Waals surface area contributed by atoms with Crippen molar-refractivity contribution in [2.24, 2.45) is 5.73 Å². The third kappa shape index (κ3) is 4.33. The highest BCUT2D eigenvalue weighted by Crippen LogP contribution is 2.29. The summed E-state index contributed by atoms with van der Waals surface area (Å²) >= 11 is 3.31. The van der Waals surface area contributed by atoms with Gasteiger partial charge >= 0.3 is 0 Å². The lowest BCUT2D eigenvalue weighted by molar-refractivity contribution is 0.337. The van der Waals surface area contributed by atoms with Crippen LogP contribution >= 0.6 is 28.3 Å². The van der Waals surface area contributed by atoms with Gasteiger partial charge in [-0.05, 0) is 48.0 Å². The Balaban J connectivity index is 0.00000361. The van der Waals surface area contributed by atoms with E-state index in [1.165, 1.54) is 17.4 Å². The number of hydrogen-bond donors (Lipinski definition) is 1. The highest BCUT2D eigenvalue weighted by atomic mass is 79.9. The van der Waals surface area contributed by atoms with Gasteiger partial charge in [-0.15, -0.1) is 12.4 Å². The SMILES string of the molecule is CCOc1ccc(S(=O)(=O)N(C)C(C)CN)cc1Br.Cl. The molecular formula is C12H20BrClN2O3S. The van der Waals surface area contributed by atoms with E-state index < -0.39 is 10.0 Å². The fraction of sp³-hybridized carbons (Fsp3) is 0.500. The molecule has 0 heterocycles. The molecule has 1 aromatic carbocycles. The van der Waals surface area contributed by atoms with E-state index in [2.05, 4.69) is 15.9 Å². The molecule has 0 amide bonds. The van der Waals surface area contributed by atoms with Crippen LogP contribution in [0, 0.1) is 0 Å². The van der Waals surface area contributed by atoms with Crippen LogP contribution in [0.3, 0.4) is 0 Å². The minimum atomic E-state index is -3.54. The molecule has 0 saturated carbocycles. The third-order valence-electron chi connectivity index (χ3n) is 2.84. The number of rotatable bonds is 6. The van der Waals surface area contributed by atoms with Crippen molar-refractivity contribution in [3.8, 4) is 5.75 Å². The lowest BCUT2D eigenvalue weighted by Gasteiger charge is -2.23. The lowest BCUT2D eigenvalue weighted by atomic mass is 10.3. The van der Waals surface area contributed by atoms with Crippen LogP contribution in [0.1, 0.15) is 13.8 Å². The minimum absolute atomic E-state index is 0. The van der Waals surface area contributed by atoms with Crippen molar-refractivity contribution < 1.29 is 13.2 Å². The number of hydrogen-bond acceptors (Lipinski definition) is 4. The maximum Gasteiger partial charge on any atom is 0.243 e. The Bertz CT molecular complexity index is 540. The van der Waals surface area contributed by atoms with Crippen molar-refractivity contribution in [2.45, 2.75) is 24.8 Å². The lowest BCUT2D eigenvalue weighted by Crippen LogP contribution is -2.39. The Morgan fingerprint density at radius 1 is 1.45 bits per heavy atom. The van der Waals surface area contributed by atoms with Crippen LogP contribution in [-0.2, 0) is 10.0 Å². The van der Waals surface area contributed by atoms with Gasteiger partial charge in [-0.25, -0.2) is 8.42 Å². The molecule has 0 aromatic heterocycles. The Hall–Kier alpha value is -0.340. The molecule has 2 N–H and O–H groups in total. The quantitative estimate of drug-likeness (QED) is 0.812. The van der Waals surface area contributed by atoms with Gasteiger partial charge in [-0.2, -0.15) is 4.31 Å². The number of benzene rings is 1. The van der Waals surface area contributed by atoms with Gasteiger partial charge in [0.05, 0.1) is 16.0 Å². The van der Waals surface area contributed by atoms with E-state index in [0.717, 1.165) is 0 Å². The smallest absolute Gasteiger partial charge is 0.243 e. The second kappa shape index (κ2) is 8.19. The van der Waals surface area contributed by atoms with E-state index in [-0.39, 0.29) is 29.9 Å². The molecule has 20 heavy (non-hydrogen) atoms. The number of nitrogens with zero attached hydrogens (tertiary/aromatic N) is 1. The monoisotopic (exact) mass is 386 g/mol. The molecule has 0 bridgehead atoms. The molecule has 0 spiro atoms. The van der Waals surface area contributed by atoms with Crippen molar-refractivity contribution in [1.82, 2.24) is 4.31 Å². The van der Waals surface area contributed by atoms with Gasteiger partial charge in [0.1, 0.15) is 5.75 Å². The van der Waals surface area contributed by atoms with E-state index in [9.17, 15) is 8.42 Å². The third-order valence-corrected chi connectivity index (χ3v) is 5.43. The minimum Gasteiger partial charge on any atom is -0.493 e. The average Bonchev–Trinajstić information content (AvgIpc) is 2.39. The second-order valence-electron chi connectivity index (χ2n) is 4.13. The first-order valence-corrected chi connectivity index (χ1v) is 8.18. The van der Waals surface area contributed by atoms with E-state index in [1.54, 1.807) is 19.1 Å². The summed E-state index contributed by atoms with van der Waals surface area (Å²) in [5, 5.41) is 0. The zero-order valence-corrected chi connectivity index (χ0v) is 14.9. The van der Waals surface area contributed by atoms with Crippen LogP contribution in [0.5, 0.6) is 5.75 Å². The Morgan fingerprint density at radius 3 is 2.50 bits per heavy atom. The highest BCUT2D eigenvalue weighted by molar-refractivity contribution is 9.10. The maximum atomic E-state index is 12.4. The van der Waals surface area contributed by atoms with Crippen LogP contribution in [0.2, 0.25) is 0 Å². The maximum absolute atomic E-state index is 12.4. The molecule has 0 saturated heterocycles. The van der Waals surface area contributed by atoms with Gasteiger partial charge < -0.3 is 10.5 Å². The van der Waals surface area contributed by atoms with Gasteiger partial charge in [0, 0.05) is 19.6 Å². The number of ether oxygens (including phenoxy) is 1. The fourth-order valence-electron chi connectivity index (χ4n) is 1.47. The molecule has 1 unspecified atom stereocenters. The van der Waals surface area contributed by atoms with Crippen LogP contribution in [0.4, 0.5) is 0 Å². The number of halogens is 2. The van der Waals surface area contributed by atoms with Gasteiger partial charge in [0.2, 0.25) is 10.0 Å². The van der Waals surface area contributed by atoms with Gasteiger partial charge in [-0.1, -0.05) is 0 Å². The van der Waals surface area contributed by atoms with Crippen LogP contribution < -0.4 is 10.5 Å². The van der Waals surface area contributed by atoms with Gasteiger partial charge in [-0.3, -0.25) is 0 Å². The first kappa shape index (κ1) is 19.7. The summed E-state index contributed by atoms with van der Waals surface area (Å²) in [6.07, 6.45) is 0. The molecule has 0 aliphatic carbocycles. The summed E-state index contributed by atoms with van der Waals surface area (Å²) in [4.78, 5) is 0.214. The van der Waals surface area contributed by atoms with E-state index in [0.29, 0.717) is 16.8 Å². The molecule has 0 aliphatic rings. The fourth-order valence-corrected chi connectivity index (χ4v) is 3.51. The van der Waals surface area contributed by atoms with Crippen molar-refractivity contribution in [2.75, 3.05) is 20.2 Å². The molecule has 0 aliphatic heterocycles. The predicted octanol–water partition coefficient (Wildman–Crippen LogP) is 2.24. The highest BCUT2D eigenvalue weighted by Gasteiger charge is 2.25. The first-order chi connectivity index (χ1) is 8.84. The van der Waals surface area contributed by atoms with Crippen molar-refractivity contribution in [3.05, 3.63) is 22.7 Å². The molecule has 1 rings (SSSR count). The van der Waals surface area contributed by atoms with Crippen LogP contribution in [0.25, 0.3) is 0 Å². The van der Waals surface area contributed by atoms with E-state index in [4.69, 9.17) is 10.5 Å². The Kier molecular flexibility index (Phi) is 8.05. The normalized spacial score (nSPS) is 12.9. The predicted molar refractivity (Wildman–Crippen MR) is 86.0 cm³/mol. The van der Waals surface area contributed by atoms with Crippen LogP contribution in [-0.4, -0.2) is 39.0 Å². The molecular weight excluding hydrogens is 368 g/mol. The van der Waals surface area contributed by atoms with Gasteiger partial charge in [0.25, 0.3) is 0 Å². The van der Waals surface area contributed by atoms with Crippen molar-refractivity contribution in [3.63, 3.8) is 0 Å². The summed E-state index contributed by atoms with van der Waals surface area (Å²) in [7, 11) is -2.01. The molecule has 1 aromatic rings. The van der Waals surface area contributed by atoms with Crippen LogP contribution in [0.15, 0.2) is 27.6 Å². The molecule has 1 atom stereocenters. The second-order valence-corrected chi connectivity index (χ2v) is 6.98. The van der Waals surface area contributed by atoms with Crippen molar-refractivity contribution in [1.29, 1.82) is 0 Å². The largest absolute Gasteiger partial charge is 0.493 e. The number of nitrogens with two attached hydrogens (primary N) is 1. The van der Waals surface area contributed by atoms with E-state index >= 15 is 0 Å². The average molecular weight is 388 g/mol. The molecule has 0 fully saturated rings. The summed E-state index contributed by atoms with van der Waals surface area (Å²) in [5.74, 6) is 0.621. The van der Waals surface area contributed by atoms with Gasteiger partial charge in [0.15, 0.2) is 0 Å². The summed E-state index contributed by atoms with van der Waals surface area (Å²) in [5.41, 5.74) is 5.51. The van der Waals surface area contributed by atoms with E-state index in [1.807, 2.05) is 6.92 Å². The number of sulfonamides is 1. The Labute approximate surface area is 135 Å². The molecule has 0 radical (unpaired) electrons. The first-order valence-electron chi connectivity index (χ1n) is 5.95. The molecule has 8 heteroatoms. The summed E-state index contributed by atoms with van der Waals surface area (Å²) in [6.45, 7) is 4.43. The number of likely N-dealkylation sites (N-methyl/N-ethyl adjacent to an activating group) is 1. The molecule has 116 valence electrons. The summed E-state index contributed by atoms with van der Waals surface area (Å²) < 4.78 is 32.0. The van der Waals surface area contributed by atoms with Crippen molar-refractivity contribution >= 4 is 38.4 Å². The zero-order valence-electron chi connectivity index (χ0n) is 11.7.